The first-order valence-electron chi connectivity index (χ1n) is 12.2. The highest BCUT2D eigenvalue weighted by molar-refractivity contribution is 6.15. The average molecular weight is 497 g/mol. The summed E-state index contributed by atoms with van der Waals surface area (Å²) in [4.78, 5) is 15.7. The fourth-order valence-electron chi connectivity index (χ4n) is 5.17. The van der Waals surface area contributed by atoms with Gasteiger partial charge in [-0.2, -0.15) is 0 Å². The highest BCUT2D eigenvalue weighted by Gasteiger charge is 2.34. The van der Waals surface area contributed by atoms with E-state index in [-0.39, 0.29) is 5.78 Å². The number of benzene rings is 3. The molecule has 0 saturated carbocycles. The number of ketones is 1. The van der Waals surface area contributed by atoms with Gasteiger partial charge in [-0.25, -0.2) is 0 Å². The Bertz CT molecular complexity index is 1570. The Morgan fingerprint density at radius 2 is 1.76 bits per heavy atom. The smallest absolute Gasteiger partial charge is 0.231 e. The lowest BCUT2D eigenvalue weighted by molar-refractivity contribution is 0.0876. The third-order valence-electron chi connectivity index (χ3n) is 7.08. The minimum absolute atomic E-state index is 0.118. The zero-order valence-corrected chi connectivity index (χ0v) is 21.3. The number of rotatable bonds is 5. The summed E-state index contributed by atoms with van der Waals surface area (Å²) in [5.41, 5.74) is 5.54. The number of aryl methyl sites for hydroxylation is 1. The van der Waals surface area contributed by atoms with Gasteiger partial charge in [0.2, 0.25) is 5.78 Å². The van der Waals surface area contributed by atoms with Crippen LogP contribution in [-0.4, -0.2) is 36.2 Å². The Kier molecular flexibility index (Phi) is 5.65. The van der Waals surface area contributed by atoms with E-state index in [4.69, 9.17) is 18.9 Å². The van der Waals surface area contributed by atoms with Gasteiger partial charge in [0.05, 0.1) is 19.8 Å². The summed E-state index contributed by atoms with van der Waals surface area (Å²) >= 11 is 0. The summed E-state index contributed by atoms with van der Waals surface area (Å²) in [7, 11) is 5.29. The molecule has 4 aromatic rings. The number of hydrogen-bond donors (Lipinski definition) is 0. The molecule has 7 heteroatoms. The summed E-state index contributed by atoms with van der Waals surface area (Å²) in [6.45, 7) is 3.84. The molecule has 3 aromatic carbocycles. The Balaban J connectivity index is 1.29. The van der Waals surface area contributed by atoms with Crippen LogP contribution in [0.5, 0.6) is 23.0 Å². The van der Waals surface area contributed by atoms with Crippen molar-refractivity contribution >= 4 is 22.8 Å². The van der Waals surface area contributed by atoms with Gasteiger partial charge in [-0.15, -0.1) is 0 Å². The van der Waals surface area contributed by atoms with Crippen molar-refractivity contribution in [2.24, 2.45) is 7.05 Å². The molecule has 0 radical (unpaired) electrons. The maximum absolute atomic E-state index is 13.4. The first-order chi connectivity index (χ1) is 17.9. The number of fused-ring (bicyclic) bond motifs is 3. The number of aromatic nitrogens is 1. The third kappa shape index (κ3) is 4.01. The van der Waals surface area contributed by atoms with Crippen molar-refractivity contribution in [1.82, 2.24) is 9.47 Å². The van der Waals surface area contributed by atoms with Gasteiger partial charge in [-0.1, -0.05) is 12.1 Å². The van der Waals surface area contributed by atoms with Gasteiger partial charge in [0.25, 0.3) is 0 Å². The van der Waals surface area contributed by atoms with E-state index in [1.807, 2.05) is 67.2 Å². The van der Waals surface area contributed by atoms with E-state index in [0.717, 1.165) is 51.4 Å². The predicted octanol–water partition coefficient (Wildman–Crippen LogP) is 5.47. The van der Waals surface area contributed by atoms with Crippen LogP contribution in [0.2, 0.25) is 0 Å². The van der Waals surface area contributed by atoms with Gasteiger partial charge in [0.15, 0.2) is 5.76 Å². The summed E-state index contributed by atoms with van der Waals surface area (Å²) in [6.07, 6.45) is 3.81. The second-order valence-corrected chi connectivity index (χ2v) is 9.49. The quantitative estimate of drug-likeness (QED) is 0.342. The Hall–Kier alpha value is -4.23. The summed E-state index contributed by atoms with van der Waals surface area (Å²) < 4.78 is 25.0. The predicted molar refractivity (Wildman–Crippen MR) is 141 cm³/mol. The van der Waals surface area contributed by atoms with Gasteiger partial charge >= 0.3 is 0 Å². The lowest BCUT2D eigenvalue weighted by atomic mass is 9.99. The molecule has 188 valence electrons. The standard InChI is InChI=1S/C30H28N2O5/c1-18-29-21(16-32(17-36-29)14-19-5-7-22(34-3)8-6-19)11-25-28(33)27(37-30(18)25)12-20-15-31(2)26-10-9-23(35-4)13-24(20)26/h5-13,15H,14,16-17H2,1-4H3/b27-12-. The average Bonchev–Trinajstić information content (AvgIpc) is 3.40. The fraction of sp³-hybridized carbons (Fsp3) is 0.233. The maximum atomic E-state index is 13.4. The van der Waals surface area contributed by atoms with E-state index in [1.54, 1.807) is 14.2 Å². The van der Waals surface area contributed by atoms with Gasteiger partial charge in [-0.3, -0.25) is 9.69 Å². The molecule has 0 aliphatic carbocycles. The van der Waals surface area contributed by atoms with Crippen molar-refractivity contribution in [3.63, 3.8) is 0 Å². The lowest BCUT2D eigenvalue weighted by Crippen LogP contribution is -2.32. The monoisotopic (exact) mass is 496 g/mol. The molecule has 0 fully saturated rings. The van der Waals surface area contributed by atoms with Crippen molar-refractivity contribution in [2.75, 3.05) is 21.0 Å². The molecule has 0 spiro atoms. The van der Waals surface area contributed by atoms with Crippen LogP contribution in [0.1, 0.15) is 32.6 Å². The number of hydrogen-bond acceptors (Lipinski definition) is 6. The molecular formula is C30H28N2O5. The van der Waals surface area contributed by atoms with E-state index in [2.05, 4.69) is 17.0 Å². The van der Waals surface area contributed by atoms with Crippen LogP contribution >= 0.6 is 0 Å². The Morgan fingerprint density at radius 3 is 2.51 bits per heavy atom. The van der Waals surface area contributed by atoms with Crippen molar-refractivity contribution in [3.8, 4) is 23.0 Å². The highest BCUT2D eigenvalue weighted by Crippen LogP contribution is 2.43. The number of allylic oxidation sites excluding steroid dienone is 1. The third-order valence-corrected chi connectivity index (χ3v) is 7.08. The minimum atomic E-state index is -0.118. The van der Waals surface area contributed by atoms with E-state index in [9.17, 15) is 4.79 Å². The molecule has 0 saturated heterocycles. The maximum Gasteiger partial charge on any atom is 0.231 e. The van der Waals surface area contributed by atoms with E-state index in [1.165, 1.54) is 5.56 Å². The molecule has 0 N–H and O–H groups in total. The van der Waals surface area contributed by atoms with Gasteiger partial charge in [-0.05, 0) is 55.0 Å². The molecule has 2 aliphatic heterocycles. The van der Waals surface area contributed by atoms with Crippen LogP contribution < -0.4 is 18.9 Å². The molecule has 7 nitrogen and oxygen atoms in total. The summed E-state index contributed by atoms with van der Waals surface area (Å²) in [5.74, 6) is 3.17. The van der Waals surface area contributed by atoms with Crippen LogP contribution in [0, 0.1) is 6.92 Å². The molecule has 3 heterocycles. The number of carbonyl (C=O) groups is 1. The van der Waals surface area contributed by atoms with Gasteiger partial charge in [0, 0.05) is 53.9 Å². The Morgan fingerprint density at radius 1 is 1.00 bits per heavy atom. The zero-order chi connectivity index (χ0) is 25.7. The first-order valence-corrected chi connectivity index (χ1v) is 12.2. The molecule has 0 atom stereocenters. The van der Waals surface area contributed by atoms with E-state index in [0.29, 0.717) is 30.3 Å². The molecule has 6 rings (SSSR count). The van der Waals surface area contributed by atoms with Crippen molar-refractivity contribution in [1.29, 1.82) is 0 Å². The van der Waals surface area contributed by atoms with Crippen molar-refractivity contribution < 1.29 is 23.7 Å². The molecule has 0 unspecified atom stereocenters. The number of methoxy groups -OCH3 is 2. The molecular weight excluding hydrogens is 468 g/mol. The number of carbonyl (C=O) groups excluding carboxylic acids is 1. The SMILES string of the molecule is COc1ccc(CN2COc3c(cc4c(c3C)O/C(=C\c3cn(C)c5ccc(OC)cc35)C4=O)C2)cc1. The van der Waals surface area contributed by atoms with Crippen LogP contribution in [0.25, 0.3) is 17.0 Å². The molecule has 1 aromatic heterocycles. The number of ether oxygens (including phenoxy) is 4. The van der Waals surface area contributed by atoms with Crippen LogP contribution in [0.15, 0.2) is 60.5 Å². The van der Waals surface area contributed by atoms with E-state index < -0.39 is 0 Å². The largest absolute Gasteiger partial charge is 0.497 e. The molecule has 0 amide bonds. The Labute approximate surface area is 215 Å². The molecule has 37 heavy (non-hydrogen) atoms. The normalized spacial score (nSPS) is 15.9. The van der Waals surface area contributed by atoms with Gasteiger partial charge < -0.3 is 23.5 Å². The van der Waals surface area contributed by atoms with Gasteiger partial charge in [0.1, 0.15) is 29.7 Å². The van der Waals surface area contributed by atoms with Crippen LogP contribution in [-0.2, 0) is 20.1 Å². The summed E-state index contributed by atoms with van der Waals surface area (Å²) in [6, 6.07) is 15.9. The lowest BCUT2D eigenvalue weighted by Gasteiger charge is -2.30. The summed E-state index contributed by atoms with van der Waals surface area (Å²) in [5, 5.41) is 0.996. The van der Waals surface area contributed by atoms with Crippen LogP contribution in [0.3, 0.4) is 0 Å². The van der Waals surface area contributed by atoms with Crippen molar-refractivity contribution in [3.05, 3.63) is 88.3 Å². The van der Waals surface area contributed by atoms with Crippen LogP contribution in [0.4, 0.5) is 0 Å². The highest BCUT2D eigenvalue weighted by atomic mass is 16.5. The molecule has 0 bridgehead atoms. The second kappa shape index (κ2) is 9.01. The first kappa shape index (κ1) is 23.2. The van der Waals surface area contributed by atoms with E-state index >= 15 is 0 Å². The fourth-order valence-corrected chi connectivity index (χ4v) is 5.17. The topological polar surface area (TPSA) is 62.2 Å². The molecule has 2 aliphatic rings. The zero-order valence-electron chi connectivity index (χ0n) is 21.3. The second-order valence-electron chi connectivity index (χ2n) is 9.49. The minimum Gasteiger partial charge on any atom is -0.497 e. The number of nitrogens with zero attached hydrogens (tertiary/aromatic N) is 2. The van der Waals surface area contributed by atoms with Crippen molar-refractivity contribution in [2.45, 2.75) is 20.0 Å². The number of Topliss-reactive ketones (excluding diaryl/α,β-unsaturated/α-hetero) is 1.